The predicted molar refractivity (Wildman–Crippen MR) is 73.9 cm³/mol. The molecule has 0 radical (unpaired) electrons. The van der Waals surface area contributed by atoms with Crippen molar-refractivity contribution in [3.8, 4) is 23.0 Å². The molecule has 21 heavy (non-hydrogen) atoms. The zero-order chi connectivity index (χ0) is 14.8. The molecule has 0 aliphatic carbocycles. The van der Waals surface area contributed by atoms with Crippen LogP contribution in [0.3, 0.4) is 0 Å². The van der Waals surface area contributed by atoms with Gasteiger partial charge < -0.3 is 19.5 Å². The Bertz CT molecular complexity index is 628. The SMILES string of the molecule is CCN1CCOC(c2noc(-c3cc(O)ccc3O)n2)C1. The lowest BCUT2D eigenvalue weighted by molar-refractivity contribution is -0.0334. The number of likely N-dealkylation sites (N-methyl/N-ethyl adjacent to an activating group) is 1. The van der Waals surface area contributed by atoms with Crippen LogP contribution in [0.25, 0.3) is 11.5 Å². The summed E-state index contributed by atoms with van der Waals surface area (Å²) < 4.78 is 10.8. The monoisotopic (exact) mass is 291 g/mol. The Balaban J connectivity index is 1.84. The molecule has 1 aromatic heterocycles. The third kappa shape index (κ3) is 2.84. The number of morpholine rings is 1. The van der Waals surface area contributed by atoms with Gasteiger partial charge in [0.1, 0.15) is 17.6 Å². The van der Waals surface area contributed by atoms with Crippen molar-refractivity contribution in [2.75, 3.05) is 26.2 Å². The number of rotatable bonds is 3. The molecule has 3 rings (SSSR count). The summed E-state index contributed by atoms with van der Waals surface area (Å²) >= 11 is 0. The van der Waals surface area contributed by atoms with Crippen LogP contribution in [0.1, 0.15) is 18.9 Å². The van der Waals surface area contributed by atoms with Crippen LogP contribution in [0.5, 0.6) is 11.5 Å². The Morgan fingerprint density at radius 3 is 3.05 bits per heavy atom. The van der Waals surface area contributed by atoms with E-state index in [1.807, 2.05) is 0 Å². The van der Waals surface area contributed by atoms with Gasteiger partial charge in [0.05, 0.1) is 12.2 Å². The Kier molecular flexibility index (Phi) is 3.76. The average Bonchev–Trinajstić information content (AvgIpc) is 2.99. The minimum absolute atomic E-state index is 0.0219. The molecule has 1 aromatic carbocycles. The fourth-order valence-electron chi connectivity index (χ4n) is 2.32. The van der Waals surface area contributed by atoms with Gasteiger partial charge >= 0.3 is 0 Å². The molecule has 1 aliphatic heterocycles. The number of benzene rings is 1. The second-order valence-corrected chi connectivity index (χ2v) is 4.91. The number of aromatic nitrogens is 2. The van der Waals surface area contributed by atoms with Crippen molar-refractivity contribution < 1.29 is 19.5 Å². The van der Waals surface area contributed by atoms with E-state index in [-0.39, 0.29) is 23.5 Å². The highest BCUT2D eigenvalue weighted by Crippen LogP contribution is 2.32. The van der Waals surface area contributed by atoms with Crippen molar-refractivity contribution in [1.29, 1.82) is 0 Å². The van der Waals surface area contributed by atoms with Crippen LogP contribution < -0.4 is 0 Å². The van der Waals surface area contributed by atoms with Gasteiger partial charge in [-0.25, -0.2) is 0 Å². The van der Waals surface area contributed by atoms with Gasteiger partial charge in [-0.1, -0.05) is 12.1 Å². The van der Waals surface area contributed by atoms with Gasteiger partial charge in [-0.3, -0.25) is 4.90 Å². The highest BCUT2D eigenvalue weighted by molar-refractivity contribution is 5.64. The number of hydrogen-bond donors (Lipinski definition) is 2. The maximum atomic E-state index is 9.81. The van der Waals surface area contributed by atoms with Crippen molar-refractivity contribution in [2.45, 2.75) is 13.0 Å². The van der Waals surface area contributed by atoms with Gasteiger partial charge in [0.15, 0.2) is 0 Å². The zero-order valence-electron chi connectivity index (χ0n) is 11.7. The molecule has 0 saturated carbocycles. The molecule has 1 fully saturated rings. The molecule has 1 unspecified atom stereocenters. The van der Waals surface area contributed by atoms with Crippen molar-refractivity contribution in [1.82, 2.24) is 15.0 Å². The minimum Gasteiger partial charge on any atom is -0.508 e. The predicted octanol–water partition coefficient (Wildman–Crippen LogP) is 1.54. The fourth-order valence-corrected chi connectivity index (χ4v) is 2.32. The van der Waals surface area contributed by atoms with Crippen molar-refractivity contribution >= 4 is 0 Å². The number of nitrogens with zero attached hydrogens (tertiary/aromatic N) is 3. The molecule has 7 nitrogen and oxygen atoms in total. The van der Waals surface area contributed by atoms with Gasteiger partial charge in [-0.15, -0.1) is 0 Å². The van der Waals surface area contributed by atoms with Gasteiger partial charge in [-0.05, 0) is 24.7 Å². The van der Waals surface area contributed by atoms with Crippen LogP contribution in [0, 0.1) is 0 Å². The molecular formula is C14H17N3O4. The number of hydrogen-bond acceptors (Lipinski definition) is 7. The summed E-state index contributed by atoms with van der Waals surface area (Å²) in [5.41, 5.74) is 0.303. The van der Waals surface area contributed by atoms with E-state index >= 15 is 0 Å². The van der Waals surface area contributed by atoms with Gasteiger partial charge in [-0.2, -0.15) is 4.98 Å². The van der Waals surface area contributed by atoms with Gasteiger partial charge in [0.25, 0.3) is 5.89 Å². The summed E-state index contributed by atoms with van der Waals surface area (Å²) in [6.07, 6.45) is -0.240. The molecule has 0 bridgehead atoms. The summed E-state index contributed by atoms with van der Waals surface area (Å²) in [5.74, 6) is 0.609. The largest absolute Gasteiger partial charge is 0.508 e. The second-order valence-electron chi connectivity index (χ2n) is 4.91. The first-order chi connectivity index (χ1) is 10.2. The van der Waals surface area contributed by atoms with E-state index in [1.165, 1.54) is 18.2 Å². The maximum Gasteiger partial charge on any atom is 0.261 e. The van der Waals surface area contributed by atoms with Crippen molar-refractivity contribution in [2.24, 2.45) is 0 Å². The van der Waals surface area contributed by atoms with E-state index in [0.717, 1.165) is 13.1 Å². The summed E-state index contributed by atoms with van der Waals surface area (Å²) in [6.45, 7) is 5.26. The Labute approximate surface area is 121 Å². The molecule has 2 aromatic rings. The zero-order valence-corrected chi connectivity index (χ0v) is 11.7. The van der Waals surface area contributed by atoms with E-state index < -0.39 is 0 Å². The quantitative estimate of drug-likeness (QED) is 0.829. The lowest BCUT2D eigenvalue weighted by Crippen LogP contribution is -2.38. The normalized spacial score (nSPS) is 19.8. The molecule has 1 atom stereocenters. The molecule has 1 saturated heterocycles. The highest BCUT2D eigenvalue weighted by Gasteiger charge is 2.26. The number of ether oxygens (including phenoxy) is 1. The molecule has 7 heteroatoms. The second kappa shape index (κ2) is 5.71. The Hall–Kier alpha value is -2.12. The summed E-state index contributed by atoms with van der Waals surface area (Å²) in [6, 6.07) is 4.15. The van der Waals surface area contributed by atoms with E-state index in [4.69, 9.17) is 9.26 Å². The number of phenols is 2. The molecule has 1 aliphatic rings. The molecule has 2 heterocycles. The maximum absolute atomic E-state index is 9.81. The van der Waals surface area contributed by atoms with Crippen LogP contribution in [0.2, 0.25) is 0 Å². The van der Waals surface area contributed by atoms with Crippen molar-refractivity contribution in [3.63, 3.8) is 0 Å². The highest BCUT2D eigenvalue weighted by atomic mass is 16.5. The van der Waals surface area contributed by atoms with E-state index in [1.54, 1.807) is 0 Å². The molecule has 0 spiro atoms. The van der Waals surface area contributed by atoms with Gasteiger partial charge in [0.2, 0.25) is 5.82 Å². The molecule has 0 amide bonds. The third-order valence-electron chi connectivity index (χ3n) is 3.54. The molecule has 2 N–H and O–H groups in total. The van der Waals surface area contributed by atoms with Crippen LogP contribution in [0.4, 0.5) is 0 Å². The Morgan fingerprint density at radius 1 is 1.38 bits per heavy atom. The van der Waals surface area contributed by atoms with Crippen molar-refractivity contribution in [3.05, 3.63) is 24.0 Å². The topological polar surface area (TPSA) is 91.9 Å². The third-order valence-corrected chi connectivity index (χ3v) is 3.54. The number of phenolic OH excluding ortho intramolecular Hbond substituents is 2. The minimum atomic E-state index is -0.240. The standard InChI is InChI=1S/C14H17N3O4/c1-2-17-5-6-20-12(8-17)13-15-14(21-16-13)10-7-9(18)3-4-11(10)19/h3-4,7,12,18-19H,2,5-6,8H2,1H3. The summed E-state index contributed by atoms with van der Waals surface area (Å²) in [5, 5.41) is 23.2. The van der Waals surface area contributed by atoms with Gasteiger partial charge in [0, 0.05) is 13.1 Å². The molecular weight excluding hydrogens is 274 g/mol. The smallest absolute Gasteiger partial charge is 0.261 e. The number of aromatic hydroxyl groups is 2. The van der Waals surface area contributed by atoms with E-state index in [2.05, 4.69) is 22.0 Å². The first kappa shape index (κ1) is 13.8. The van der Waals surface area contributed by atoms with Crippen LogP contribution in [0.15, 0.2) is 22.7 Å². The van der Waals surface area contributed by atoms with Crippen LogP contribution >= 0.6 is 0 Å². The lowest BCUT2D eigenvalue weighted by Gasteiger charge is -2.30. The fraction of sp³-hybridized carbons (Fsp3) is 0.429. The summed E-state index contributed by atoms with van der Waals surface area (Å²) in [4.78, 5) is 6.52. The first-order valence-corrected chi connectivity index (χ1v) is 6.87. The lowest BCUT2D eigenvalue weighted by atomic mass is 10.2. The van der Waals surface area contributed by atoms with E-state index in [9.17, 15) is 10.2 Å². The first-order valence-electron chi connectivity index (χ1n) is 6.87. The van der Waals surface area contributed by atoms with E-state index in [0.29, 0.717) is 24.5 Å². The van der Waals surface area contributed by atoms with Crippen LogP contribution in [-0.2, 0) is 4.74 Å². The van der Waals surface area contributed by atoms with Crippen LogP contribution in [-0.4, -0.2) is 51.5 Å². The Morgan fingerprint density at radius 2 is 2.24 bits per heavy atom. The summed E-state index contributed by atoms with van der Waals surface area (Å²) in [7, 11) is 0. The molecule has 112 valence electrons. The average molecular weight is 291 g/mol.